The minimum absolute atomic E-state index is 0.198. The van der Waals surface area contributed by atoms with Crippen molar-refractivity contribution in [2.24, 2.45) is 5.92 Å². The molecule has 2 aliphatic rings. The van der Waals surface area contributed by atoms with Gasteiger partial charge in [-0.25, -0.2) is 4.39 Å². The Bertz CT molecular complexity index is 278. The van der Waals surface area contributed by atoms with E-state index in [1.807, 2.05) is 0 Å². The summed E-state index contributed by atoms with van der Waals surface area (Å²) in [6.07, 6.45) is 2.53. The van der Waals surface area contributed by atoms with Gasteiger partial charge < -0.3 is 14.2 Å². The van der Waals surface area contributed by atoms with Gasteiger partial charge >= 0.3 is 5.97 Å². The molecule has 0 aromatic heterocycles. The van der Waals surface area contributed by atoms with Crippen LogP contribution in [0, 0.1) is 5.92 Å². The zero-order chi connectivity index (χ0) is 13.0. The highest BCUT2D eigenvalue weighted by Crippen LogP contribution is 2.31. The van der Waals surface area contributed by atoms with E-state index >= 15 is 0 Å². The van der Waals surface area contributed by atoms with Crippen molar-refractivity contribution in [1.82, 2.24) is 0 Å². The molecule has 0 radical (unpaired) electrons. The van der Waals surface area contributed by atoms with Gasteiger partial charge in [-0.1, -0.05) is 0 Å². The number of carbonyl (C=O) groups excluding carboxylic acids is 1. The molecule has 0 aromatic rings. The highest BCUT2D eigenvalue weighted by Gasteiger charge is 2.36. The molecule has 0 aromatic carbocycles. The molecule has 2 unspecified atom stereocenters. The number of rotatable bonds is 3. The fourth-order valence-electron chi connectivity index (χ4n) is 2.64. The molecule has 4 nitrogen and oxygen atoms in total. The summed E-state index contributed by atoms with van der Waals surface area (Å²) in [7, 11) is 1.34. The molecule has 2 rings (SSSR count). The number of esters is 1. The number of hydrogen-bond donors (Lipinski definition) is 0. The quantitative estimate of drug-likeness (QED) is 0.730. The Morgan fingerprint density at radius 1 is 1.28 bits per heavy atom. The lowest BCUT2D eigenvalue weighted by atomic mass is 9.86. The largest absolute Gasteiger partial charge is 0.469 e. The molecule has 1 saturated heterocycles. The molecule has 4 atom stereocenters. The van der Waals surface area contributed by atoms with Crippen LogP contribution in [0.1, 0.15) is 38.5 Å². The Labute approximate surface area is 107 Å². The fraction of sp³-hybridized carbons (Fsp3) is 0.923. The van der Waals surface area contributed by atoms with Gasteiger partial charge in [-0.05, 0) is 38.5 Å². The van der Waals surface area contributed by atoms with E-state index in [1.54, 1.807) is 0 Å². The third kappa shape index (κ3) is 3.42. The lowest BCUT2D eigenvalue weighted by molar-refractivity contribution is -0.208. The van der Waals surface area contributed by atoms with Crippen LogP contribution in [0.4, 0.5) is 4.39 Å². The Morgan fingerprint density at radius 2 is 2.11 bits per heavy atom. The van der Waals surface area contributed by atoms with E-state index in [1.165, 1.54) is 7.11 Å². The summed E-state index contributed by atoms with van der Waals surface area (Å²) in [4.78, 5) is 11.4. The van der Waals surface area contributed by atoms with Crippen LogP contribution in [-0.2, 0) is 19.0 Å². The molecular formula is C13H21FO4. The van der Waals surface area contributed by atoms with E-state index in [4.69, 9.17) is 9.47 Å². The third-order valence-corrected chi connectivity index (χ3v) is 3.71. The first-order valence-corrected chi connectivity index (χ1v) is 6.69. The van der Waals surface area contributed by atoms with Crippen LogP contribution in [0.25, 0.3) is 0 Å². The second kappa shape index (κ2) is 6.48. The van der Waals surface area contributed by atoms with E-state index in [-0.39, 0.29) is 24.6 Å². The van der Waals surface area contributed by atoms with E-state index < -0.39 is 12.3 Å². The van der Waals surface area contributed by atoms with Crippen molar-refractivity contribution < 1.29 is 23.4 Å². The van der Waals surface area contributed by atoms with Crippen molar-refractivity contribution in [1.29, 1.82) is 0 Å². The Hall–Kier alpha value is -0.680. The van der Waals surface area contributed by atoms with E-state index in [0.717, 1.165) is 19.3 Å². The first kappa shape index (κ1) is 13.7. The van der Waals surface area contributed by atoms with E-state index in [9.17, 15) is 9.18 Å². The minimum atomic E-state index is -1.10. The van der Waals surface area contributed by atoms with Gasteiger partial charge in [0.05, 0.1) is 19.1 Å². The maximum Gasteiger partial charge on any atom is 0.308 e. The first-order valence-electron chi connectivity index (χ1n) is 6.69. The van der Waals surface area contributed by atoms with Gasteiger partial charge in [0.25, 0.3) is 0 Å². The van der Waals surface area contributed by atoms with Crippen molar-refractivity contribution >= 4 is 5.97 Å². The van der Waals surface area contributed by atoms with Crippen molar-refractivity contribution in [3.63, 3.8) is 0 Å². The average molecular weight is 260 g/mol. The predicted octanol–water partition coefficient (Wildman–Crippen LogP) is 2.21. The van der Waals surface area contributed by atoms with Gasteiger partial charge in [0.15, 0.2) is 6.29 Å². The standard InChI is InChI=1S/C13H21FO4/c1-16-13(15)9-5-6-11(10(14)8-9)18-12-4-2-3-7-17-12/h9-12H,2-8H2,1H3/t9-,10+,11?,12?/m0/s1. The van der Waals surface area contributed by atoms with Gasteiger partial charge in [0, 0.05) is 6.61 Å². The smallest absolute Gasteiger partial charge is 0.308 e. The monoisotopic (exact) mass is 260 g/mol. The summed E-state index contributed by atoms with van der Waals surface area (Å²) < 4.78 is 29.7. The number of methoxy groups -OCH3 is 1. The summed E-state index contributed by atoms with van der Waals surface area (Å²) in [5, 5.41) is 0. The molecule has 18 heavy (non-hydrogen) atoms. The molecule has 1 heterocycles. The summed E-state index contributed by atoms with van der Waals surface area (Å²) in [5.74, 6) is -0.637. The molecule has 0 spiro atoms. The van der Waals surface area contributed by atoms with Crippen LogP contribution in [0.3, 0.4) is 0 Å². The van der Waals surface area contributed by atoms with Gasteiger partial charge in [0.1, 0.15) is 6.17 Å². The zero-order valence-corrected chi connectivity index (χ0v) is 10.8. The van der Waals surface area contributed by atoms with Crippen LogP contribution in [0.15, 0.2) is 0 Å². The summed E-state index contributed by atoms with van der Waals surface area (Å²) >= 11 is 0. The van der Waals surface area contributed by atoms with Crippen molar-refractivity contribution in [2.45, 2.75) is 57.1 Å². The number of ether oxygens (including phenoxy) is 3. The Morgan fingerprint density at radius 3 is 2.72 bits per heavy atom. The highest BCUT2D eigenvalue weighted by molar-refractivity contribution is 5.72. The summed E-state index contributed by atoms with van der Waals surface area (Å²) in [6.45, 7) is 0.694. The third-order valence-electron chi connectivity index (χ3n) is 3.71. The zero-order valence-electron chi connectivity index (χ0n) is 10.8. The molecule has 0 amide bonds. The number of halogens is 1. The van der Waals surface area contributed by atoms with Crippen LogP contribution in [0.2, 0.25) is 0 Å². The fourth-order valence-corrected chi connectivity index (χ4v) is 2.64. The van der Waals surface area contributed by atoms with Crippen molar-refractivity contribution in [3.05, 3.63) is 0 Å². The number of carbonyl (C=O) groups is 1. The number of alkyl halides is 1. The van der Waals surface area contributed by atoms with Gasteiger partial charge in [-0.3, -0.25) is 4.79 Å². The van der Waals surface area contributed by atoms with Gasteiger partial charge in [-0.2, -0.15) is 0 Å². The first-order chi connectivity index (χ1) is 8.70. The highest BCUT2D eigenvalue weighted by atomic mass is 19.1. The maximum absolute atomic E-state index is 14.0. The minimum Gasteiger partial charge on any atom is -0.469 e. The number of hydrogen-bond acceptors (Lipinski definition) is 4. The molecule has 2 fully saturated rings. The molecular weight excluding hydrogens is 239 g/mol. The second-order valence-electron chi connectivity index (χ2n) is 5.02. The molecule has 1 saturated carbocycles. The normalized spacial score (nSPS) is 37.2. The molecule has 0 bridgehead atoms. The summed E-state index contributed by atoms with van der Waals surface area (Å²) in [6, 6.07) is 0. The average Bonchev–Trinajstić information content (AvgIpc) is 2.41. The van der Waals surface area contributed by atoms with Crippen LogP contribution in [0.5, 0.6) is 0 Å². The van der Waals surface area contributed by atoms with Crippen LogP contribution in [-0.4, -0.2) is 38.3 Å². The molecule has 1 aliphatic carbocycles. The molecule has 0 N–H and O–H groups in total. The second-order valence-corrected chi connectivity index (χ2v) is 5.02. The Balaban J connectivity index is 1.79. The predicted molar refractivity (Wildman–Crippen MR) is 62.7 cm³/mol. The van der Waals surface area contributed by atoms with E-state index in [2.05, 4.69) is 4.74 Å². The van der Waals surface area contributed by atoms with Gasteiger partial charge in [-0.15, -0.1) is 0 Å². The van der Waals surface area contributed by atoms with Crippen LogP contribution < -0.4 is 0 Å². The topological polar surface area (TPSA) is 44.8 Å². The lowest BCUT2D eigenvalue weighted by Crippen LogP contribution is -2.39. The summed E-state index contributed by atoms with van der Waals surface area (Å²) in [5.41, 5.74) is 0. The lowest BCUT2D eigenvalue weighted by Gasteiger charge is -2.34. The Kier molecular flexibility index (Phi) is 4.95. The molecule has 5 heteroatoms. The van der Waals surface area contributed by atoms with E-state index in [0.29, 0.717) is 19.4 Å². The van der Waals surface area contributed by atoms with Crippen molar-refractivity contribution in [2.75, 3.05) is 13.7 Å². The maximum atomic E-state index is 14.0. The molecule has 1 aliphatic heterocycles. The van der Waals surface area contributed by atoms with Gasteiger partial charge in [0.2, 0.25) is 0 Å². The van der Waals surface area contributed by atoms with Crippen molar-refractivity contribution in [3.8, 4) is 0 Å². The van der Waals surface area contributed by atoms with Crippen LogP contribution >= 0.6 is 0 Å². The SMILES string of the molecule is COC(=O)[C@H]1CCC(OC2CCCCO2)[C@H](F)C1. The molecule has 104 valence electrons.